The molecule has 13 heavy (non-hydrogen) atoms. The van der Waals surface area contributed by atoms with E-state index in [1.165, 1.54) is 12.3 Å². The monoisotopic (exact) mass is 199 g/mol. The van der Waals surface area contributed by atoms with Gasteiger partial charge in [0, 0.05) is 11.5 Å². The summed E-state index contributed by atoms with van der Waals surface area (Å²) in [6.07, 6.45) is 1.50. The zero-order valence-corrected chi connectivity index (χ0v) is 7.17. The Labute approximate surface area is 78.1 Å². The molecular formula is C7H6ClN3O2. The Balaban J connectivity index is 2.73. The molecule has 1 atom stereocenters. The molecule has 2 rings (SSSR count). The Morgan fingerprint density at radius 1 is 1.54 bits per heavy atom. The van der Waals surface area contributed by atoms with Gasteiger partial charge < -0.3 is 5.21 Å². The first-order valence-corrected chi connectivity index (χ1v) is 3.93. The molecule has 0 amide bonds. The second-order valence-electron chi connectivity index (χ2n) is 2.56. The van der Waals surface area contributed by atoms with E-state index in [9.17, 15) is 5.21 Å². The Kier molecular flexibility index (Phi) is 1.93. The summed E-state index contributed by atoms with van der Waals surface area (Å²) < 4.78 is 0. The van der Waals surface area contributed by atoms with Gasteiger partial charge in [-0.05, 0) is 6.07 Å². The summed E-state index contributed by atoms with van der Waals surface area (Å²) in [4.78, 5) is 0. The predicted molar refractivity (Wildman–Crippen MR) is 46.9 cm³/mol. The number of nitrogens with one attached hydrogen (secondary N) is 2. The van der Waals surface area contributed by atoms with Gasteiger partial charge >= 0.3 is 0 Å². The minimum atomic E-state index is -1.03. The van der Waals surface area contributed by atoms with Crippen molar-refractivity contribution in [2.75, 3.05) is 0 Å². The van der Waals surface area contributed by atoms with Crippen molar-refractivity contribution in [1.29, 1.82) is 0 Å². The molecule has 0 bridgehead atoms. The van der Waals surface area contributed by atoms with Gasteiger partial charge in [0.15, 0.2) is 5.69 Å². The van der Waals surface area contributed by atoms with E-state index in [0.29, 0.717) is 5.39 Å². The third-order valence-corrected chi connectivity index (χ3v) is 2.20. The van der Waals surface area contributed by atoms with Crippen LogP contribution in [0.1, 0.15) is 0 Å². The first kappa shape index (κ1) is 8.46. The summed E-state index contributed by atoms with van der Waals surface area (Å²) >= 11 is 5.84. The number of quaternary nitrogens is 1. The van der Waals surface area contributed by atoms with Crippen LogP contribution in [0.25, 0.3) is 10.9 Å². The number of benzene rings is 1. The number of rotatable bonds is 1. The fourth-order valence-electron chi connectivity index (χ4n) is 1.15. The standard InChI is InChI=1S/C7H6ClN3O2/c8-7-4-3-9-10-5(4)1-2-6(7)11(12)13/h1-3,11-12H,(H,9,10). The quantitative estimate of drug-likeness (QED) is 0.590. The number of fused-ring (bicyclic) bond motifs is 1. The molecule has 0 aliphatic heterocycles. The van der Waals surface area contributed by atoms with Gasteiger partial charge in [-0.15, -0.1) is 0 Å². The van der Waals surface area contributed by atoms with Crippen molar-refractivity contribution >= 4 is 28.2 Å². The van der Waals surface area contributed by atoms with E-state index < -0.39 is 5.23 Å². The lowest BCUT2D eigenvalue weighted by Gasteiger charge is -2.12. The smallest absolute Gasteiger partial charge is 0.183 e. The third-order valence-electron chi connectivity index (χ3n) is 1.79. The van der Waals surface area contributed by atoms with E-state index in [-0.39, 0.29) is 10.7 Å². The molecule has 6 heteroatoms. The number of aromatic nitrogens is 2. The maximum absolute atomic E-state index is 10.7. The summed E-state index contributed by atoms with van der Waals surface area (Å²) in [6.45, 7) is 0. The van der Waals surface area contributed by atoms with E-state index in [4.69, 9.17) is 16.8 Å². The van der Waals surface area contributed by atoms with Gasteiger partial charge in [-0.2, -0.15) is 10.3 Å². The van der Waals surface area contributed by atoms with E-state index in [1.807, 2.05) is 0 Å². The molecule has 68 valence electrons. The Hall–Kier alpha value is -1.14. The number of halogens is 1. The van der Waals surface area contributed by atoms with Gasteiger partial charge in [0.1, 0.15) is 5.02 Å². The van der Waals surface area contributed by atoms with Crippen LogP contribution in [-0.2, 0) is 0 Å². The summed E-state index contributed by atoms with van der Waals surface area (Å²) in [5, 5.41) is 25.7. The predicted octanol–water partition coefficient (Wildman–Crippen LogP) is 0.620. The molecule has 1 unspecified atom stereocenters. The minimum absolute atomic E-state index is 0.0931. The van der Waals surface area contributed by atoms with Crippen LogP contribution < -0.4 is 5.23 Å². The van der Waals surface area contributed by atoms with Gasteiger partial charge in [-0.25, -0.2) is 5.21 Å². The summed E-state index contributed by atoms with van der Waals surface area (Å²) in [7, 11) is 0. The largest absolute Gasteiger partial charge is 0.595 e. The van der Waals surface area contributed by atoms with Gasteiger partial charge in [0.05, 0.1) is 11.7 Å². The second-order valence-corrected chi connectivity index (χ2v) is 2.94. The molecule has 0 fully saturated rings. The Morgan fingerprint density at radius 3 is 3.00 bits per heavy atom. The third kappa shape index (κ3) is 1.27. The first-order chi connectivity index (χ1) is 6.20. The van der Waals surface area contributed by atoms with Crippen LogP contribution in [0.15, 0.2) is 18.3 Å². The Bertz CT molecular complexity index is 440. The minimum Gasteiger partial charge on any atom is -0.595 e. The number of aromatic amines is 1. The molecule has 3 N–H and O–H groups in total. The van der Waals surface area contributed by atoms with Crippen molar-refractivity contribution < 1.29 is 10.4 Å². The average Bonchev–Trinajstić information content (AvgIpc) is 2.52. The molecule has 0 aliphatic rings. The van der Waals surface area contributed by atoms with Gasteiger partial charge in [0.25, 0.3) is 0 Å². The lowest BCUT2D eigenvalue weighted by molar-refractivity contribution is -0.991. The summed E-state index contributed by atoms with van der Waals surface area (Å²) in [5.41, 5.74) is 0.825. The number of hydrogen-bond acceptors (Lipinski definition) is 3. The van der Waals surface area contributed by atoms with Crippen LogP contribution in [0.4, 0.5) is 5.69 Å². The summed E-state index contributed by atoms with van der Waals surface area (Å²) in [5.74, 6) is 0. The van der Waals surface area contributed by atoms with Crippen LogP contribution in [0.3, 0.4) is 0 Å². The molecule has 0 saturated heterocycles. The number of hydrogen-bond donors (Lipinski definition) is 3. The van der Waals surface area contributed by atoms with Crippen LogP contribution in [0, 0.1) is 5.21 Å². The van der Waals surface area contributed by atoms with Gasteiger partial charge in [-0.3, -0.25) is 5.10 Å². The van der Waals surface area contributed by atoms with Crippen LogP contribution in [-0.4, -0.2) is 15.4 Å². The van der Waals surface area contributed by atoms with Crippen molar-refractivity contribution in [1.82, 2.24) is 10.2 Å². The van der Waals surface area contributed by atoms with E-state index in [2.05, 4.69) is 10.2 Å². The van der Waals surface area contributed by atoms with Crippen LogP contribution >= 0.6 is 11.6 Å². The maximum atomic E-state index is 10.7. The highest BCUT2D eigenvalue weighted by atomic mass is 35.5. The lowest BCUT2D eigenvalue weighted by atomic mass is 10.2. The molecule has 1 heterocycles. The molecule has 0 radical (unpaired) electrons. The first-order valence-electron chi connectivity index (χ1n) is 3.55. The molecule has 0 spiro atoms. The van der Waals surface area contributed by atoms with Crippen molar-refractivity contribution in [3.63, 3.8) is 0 Å². The Morgan fingerprint density at radius 2 is 2.31 bits per heavy atom. The maximum Gasteiger partial charge on any atom is 0.183 e. The zero-order valence-electron chi connectivity index (χ0n) is 6.41. The topological polar surface area (TPSA) is 76.4 Å². The van der Waals surface area contributed by atoms with E-state index >= 15 is 0 Å². The lowest BCUT2D eigenvalue weighted by Crippen LogP contribution is -2.99. The SMILES string of the molecule is [O-][NH+](O)c1ccc2[nH]ncc2c1Cl. The van der Waals surface area contributed by atoms with Crippen molar-refractivity contribution in [2.45, 2.75) is 0 Å². The second kappa shape index (κ2) is 2.97. The van der Waals surface area contributed by atoms with Crippen LogP contribution in [0.5, 0.6) is 0 Å². The highest BCUT2D eigenvalue weighted by Crippen LogP contribution is 2.26. The molecule has 1 aromatic carbocycles. The van der Waals surface area contributed by atoms with Crippen molar-refractivity contribution in [3.05, 3.63) is 28.6 Å². The fourth-order valence-corrected chi connectivity index (χ4v) is 1.44. The molecular weight excluding hydrogens is 194 g/mol. The van der Waals surface area contributed by atoms with Gasteiger partial charge in [0.2, 0.25) is 0 Å². The summed E-state index contributed by atoms with van der Waals surface area (Å²) in [6, 6.07) is 3.09. The molecule has 0 aliphatic carbocycles. The van der Waals surface area contributed by atoms with Crippen molar-refractivity contribution in [3.8, 4) is 0 Å². The molecule has 5 nitrogen and oxygen atoms in total. The number of H-pyrrole nitrogens is 1. The highest BCUT2D eigenvalue weighted by Gasteiger charge is 2.11. The molecule has 1 aromatic heterocycles. The average molecular weight is 200 g/mol. The normalized spacial score (nSPS) is 13.5. The van der Waals surface area contributed by atoms with E-state index in [0.717, 1.165) is 5.52 Å². The molecule has 0 saturated carbocycles. The number of nitrogens with zero attached hydrogens (tertiary/aromatic N) is 1. The van der Waals surface area contributed by atoms with Gasteiger partial charge in [-0.1, -0.05) is 11.6 Å². The highest BCUT2D eigenvalue weighted by molar-refractivity contribution is 6.37. The zero-order chi connectivity index (χ0) is 9.42. The van der Waals surface area contributed by atoms with E-state index in [1.54, 1.807) is 6.07 Å². The van der Waals surface area contributed by atoms with Crippen molar-refractivity contribution in [2.24, 2.45) is 0 Å². The fraction of sp³-hybridized carbons (Fsp3) is 0. The molecule has 2 aromatic rings. The van der Waals surface area contributed by atoms with Crippen LogP contribution in [0.2, 0.25) is 5.02 Å².